The number of aliphatic hydroxyl groups is 1. The van der Waals surface area contributed by atoms with Crippen molar-refractivity contribution in [1.82, 2.24) is 5.32 Å². The van der Waals surface area contributed by atoms with Gasteiger partial charge >= 0.3 is 0 Å². The summed E-state index contributed by atoms with van der Waals surface area (Å²) < 4.78 is 0. The molecule has 1 saturated heterocycles. The van der Waals surface area contributed by atoms with Gasteiger partial charge < -0.3 is 15.3 Å². The highest BCUT2D eigenvalue weighted by molar-refractivity contribution is 6.04. The van der Waals surface area contributed by atoms with Crippen LogP contribution in [-0.2, 0) is 14.4 Å². The first-order valence-electron chi connectivity index (χ1n) is 5.75. The van der Waals surface area contributed by atoms with Gasteiger partial charge in [0.05, 0.1) is 13.1 Å². The van der Waals surface area contributed by atoms with Crippen LogP contribution >= 0.6 is 0 Å². The molecular formula is C12H11N3O4. The molecule has 3 rings (SSSR count). The summed E-state index contributed by atoms with van der Waals surface area (Å²) in [5.74, 6) is -1.19. The van der Waals surface area contributed by atoms with Crippen molar-refractivity contribution in [2.75, 3.05) is 23.3 Å². The second kappa shape index (κ2) is 4.06. The molecular weight excluding hydrogens is 250 g/mol. The van der Waals surface area contributed by atoms with Crippen LogP contribution in [0.5, 0.6) is 0 Å². The number of nitrogens with zero attached hydrogens (tertiary/aromatic N) is 1. The molecule has 0 radical (unpaired) electrons. The van der Waals surface area contributed by atoms with Crippen LogP contribution in [0.3, 0.4) is 0 Å². The molecule has 0 bridgehead atoms. The molecule has 0 spiro atoms. The summed E-state index contributed by atoms with van der Waals surface area (Å²) in [6.45, 7) is 0.169. The third-order valence-electron chi connectivity index (χ3n) is 3.15. The summed E-state index contributed by atoms with van der Waals surface area (Å²) >= 11 is 0. The Morgan fingerprint density at radius 1 is 1.11 bits per heavy atom. The maximum Gasteiger partial charge on any atom is 0.257 e. The summed E-state index contributed by atoms with van der Waals surface area (Å²) in [5.41, 5.74) is 1.66. The van der Waals surface area contributed by atoms with Gasteiger partial charge in [0.15, 0.2) is 6.10 Å². The van der Waals surface area contributed by atoms with E-state index in [0.29, 0.717) is 16.9 Å². The fourth-order valence-electron chi connectivity index (χ4n) is 2.25. The molecule has 0 aromatic heterocycles. The summed E-state index contributed by atoms with van der Waals surface area (Å²) in [6.07, 6.45) is -1.16. The Bertz CT molecular complexity index is 583. The Morgan fingerprint density at radius 2 is 1.79 bits per heavy atom. The Hall–Kier alpha value is -2.41. The van der Waals surface area contributed by atoms with Gasteiger partial charge in [-0.15, -0.1) is 0 Å². The standard InChI is InChI=1S/C12H11N3O4/c16-9-4-15(5-10(17)14-9)6-1-2-7-8(3-6)13-12(19)11(7)18/h1-3,11,18H,4-5H2,(H,13,19)(H,14,16,17). The van der Waals surface area contributed by atoms with Gasteiger partial charge in [-0.1, -0.05) is 6.07 Å². The third kappa shape index (κ3) is 1.93. The summed E-state index contributed by atoms with van der Waals surface area (Å²) in [4.78, 5) is 35.6. The predicted molar refractivity (Wildman–Crippen MR) is 65.4 cm³/mol. The minimum Gasteiger partial charge on any atom is -0.378 e. The van der Waals surface area contributed by atoms with E-state index in [1.165, 1.54) is 0 Å². The molecule has 2 aliphatic heterocycles. The molecule has 0 saturated carbocycles. The normalized spacial score (nSPS) is 22.1. The van der Waals surface area contributed by atoms with Crippen molar-refractivity contribution in [3.05, 3.63) is 23.8 Å². The first-order chi connectivity index (χ1) is 9.04. The molecule has 3 amide bonds. The number of piperazine rings is 1. The minimum atomic E-state index is -1.16. The molecule has 7 heteroatoms. The van der Waals surface area contributed by atoms with Crippen LogP contribution < -0.4 is 15.5 Å². The van der Waals surface area contributed by atoms with Gasteiger partial charge in [-0.2, -0.15) is 0 Å². The number of imide groups is 1. The van der Waals surface area contributed by atoms with Gasteiger partial charge in [-0.3, -0.25) is 19.7 Å². The number of hydrogen-bond donors (Lipinski definition) is 3. The lowest BCUT2D eigenvalue weighted by Crippen LogP contribution is -2.51. The monoisotopic (exact) mass is 261 g/mol. The lowest BCUT2D eigenvalue weighted by atomic mass is 10.1. The molecule has 0 aliphatic carbocycles. The molecule has 1 aromatic rings. The number of carbonyl (C=O) groups is 3. The summed E-state index contributed by atoms with van der Waals surface area (Å²) in [7, 11) is 0. The Labute approximate surface area is 108 Å². The van der Waals surface area contributed by atoms with E-state index < -0.39 is 12.0 Å². The molecule has 19 heavy (non-hydrogen) atoms. The zero-order valence-corrected chi connectivity index (χ0v) is 9.84. The van der Waals surface area contributed by atoms with Crippen molar-refractivity contribution in [1.29, 1.82) is 0 Å². The number of fused-ring (bicyclic) bond motifs is 1. The van der Waals surface area contributed by atoms with Gasteiger partial charge in [0, 0.05) is 16.9 Å². The molecule has 3 N–H and O–H groups in total. The highest BCUT2D eigenvalue weighted by atomic mass is 16.3. The predicted octanol–water partition coefficient (Wildman–Crippen LogP) is -0.865. The van der Waals surface area contributed by atoms with Crippen molar-refractivity contribution in [3.8, 4) is 0 Å². The Balaban J connectivity index is 1.91. The van der Waals surface area contributed by atoms with Crippen molar-refractivity contribution in [2.45, 2.75) is 6.10 Å². The molecule has 1 unspecified atom stereocenters. The van der Waals surface area contributed by atoms with Gasteiger partial charge in [-0.25, -0.2) is 0 Å². The van der Waals surface area contributed by atoms with Gasteiger partial charge in [-0.05, 0) is 12.1 Å². The molecule has 1 fully saturated rings. The Morgan fingerprint density at radius 3 is 2.47 bits per heavy atom. The van der Waals surface area contributed by atoms with Gasteiger partial charge in [0.1, 0.15) is 0 Å². The van der Waals surface area contributed by atoms with Crippen molar-refractivity contribution in [2.24, 2.45) is 0 Å². The molecule has 7 nitrogen and oxygen atoms in total. The first-order valence-corrected chi connectivity index (χ1v) is 5.75. The SMILES string of the molecule is O=C1CN(c2ccc3c(c2)NC(=O)C3O)CC(=O)N1. The van der Waals surface area contributed by atoms with Crippen LogP contribution in [0.15, 0.2) is 18.2 Å². The number of carbonyl (C=O) groups excluding carboxylic acids is 3. The third-order valence-corrected chi connectivity index (χ3v) is 3.15. The average molecular weight is 261 g/mol. The number of amides is 3. The van der Waals surface area contributed by atoms with Crippen LogP contribution in [0.25, 0.3) is 0 Å². The summed E-state index contributed by atoms with van der Waals surface area (Å²) in [5, 5.41) is 14.4. The van der Waals surface area contributed by atoms with E-state index in [0.717, 1.165) is 0 Å². The van der Waals surface area contributed by atoms with Crippen LogP contribution in [0.2, 0.25) is 0 Å². The smallest absolute Gasteiger partial charge is 0.257 e. The van der Waals surface area contributed by atoms with E-state index in [4.69, 9.17) is 0 Å². The van der Waals surface area contributed by atoms with Crippen molar-refractivity contribution < 1.29 is 19.5 Å². The largest absolute Gasteiger partial charge is 0.378 e. The Kier molecular flexibility index (Phi) is 2.49. The number of anilines is 2. The molecule has 2 heterocycles. The lowest BCUT2D eigenvalue weighted by Gasteiger charge is -2.27. The summed E-state index contributed by atoms with van der Waals surface area (Å²) in [6, 6.07) is 4.94. The van der Waals surface area contributed by atoms with Crippen LogP contribution in [-0.4, -0.2) is 35.9 Å². The van der Waals surface area contributed by atoms with E-state index in [-0.39, 0.29) is 24.9 Å². The number of rotatable bonds is 1. The van der Waals surface area contributed by atoms with Gasteiger partial charge in [0.25, 0.3) is 5.91 Å². The average Bonchev–Trinajstić information content (AvgIpc) is 2.63. The quantitative estimate of drug-likeness (QED) is 0.571. The second-order valence-corrected chi connectivity index (χ2v) is 4.49. The van der Waals surface area contributed by atoms with Crippen LogP contribution in [0, 0.1) is 0 Å². The molecule has 1 aromatic carbocycles. The van der Waals surface area contributed by atoms with Crippen LogP contribution in [0.4, 0.5) is 11.4 Å². The number of hydrogen-bond acceptors (Lipinski definition) is 5. The number of nitrogens with one attached hydrogen (secondary N) is 2. The van der Waals surface area contributed by atoms with Crippen molar-refractivity contribution >= 4 is 29.1 Å². The van der Waals surface area contributed by atoms with E-state index in [1.54, 1.807) is 23.1 Å². The van der Waals surface area contributed by atoms with E-state index in [2.05, 4.69) is 10.6 Å². The second-order valence-electron chi connectivity index (χ2n) is 4.49. The topological polar surface area (TPSA) is 98.7 Å². The number of benzene rings is 1. The highest BCUT2D eigenvalue weighted by Crippen LogP contribution is 2.33. The maximum atomic E-state index is 11.3. The molecule has 98 valence electrons. The zero-order valence-electron chi connectivity index (χ0n) is 9.84. The fraction of sp³-hybridized carbons (Fsp3) is 0.250. The fourth-order valence-corrected chi connectivity index (χ4v) is 2.25. The zero-order chi connectivity index (χ0) is 13.6. The van der Waals surface area contributed by atoms with E-state index >= 15 is 0 Å². The lowest BCUT2D eigenvalue weighted by molar-refractivity contribution is -0.130. The maximum absolute atomic E-state index is 11.3. The van der Waals surface area contributed by atoms with E-state index in [1.807, 2.05) is 0 Å². The molecule has 1 atom stereocenters. The van der Waals surface area contributed by atoms with Crippen LogP contribution in [0.1, 0.15) is 11.7 Å². The molecule has 2 aliphatic rings. The number of aliphatic hydroxyl groups excluding tert-OH is 1. The first kappa shape index (κ1) is 11.7. The minimum absolute atomic E-state index is 0.0844. The van der Waals surface area contributed by atoms with E-state index in [9.17, 15) is 19.5 Å². The van der Waals surface area contributed by atoms with Gasteiger partial charge in [0.2, 0.25) is 11.8 Å². The van der Waals surface area contributed by atoms with Crippen molar-refractivity contribution in [3.63, 3.8) is 0 Å². The highest BCUT2D eigenvalue weighted by Gasteiger charge is 2.30.